The summed E-state index contributed by atoms with van der Waals surface area (Å²) in [7, 11) is 0. The molecule has 1 aliphatic rings. The summed E-state index contributed by atoms with van der Waals surface area (Å²) in [6, 6.07) is 3.56. The molecular formula is C14H22N2O2. The fourth-order valence-electron chi connectivity index (χ4n) is 2.51. The molecule has 1 fully saturated rings. The van der Waals surface area contributed by atoms with Crippen LogP contribution in [-0.2, 0) is 6.54 Å². The molecular weight excluding hydrogens is 228 g/mol. The van der Waals surface area contributed by atoms with E-state index in [4.69, 9.17) is 4.42 Å². The molecule has 0 atom stereocenters. The number of carbonyl (C=O) groups excluding carboxylic acids is 1. The zero-order valence-corrected chi connectivity index (χ0v) is 10.8. The van der Waals surface area contributed by atoms with Gasteiger partial charge in [-0.25, -0.2) is 4.79 Å². The molecule has 1 aromatic rings. The first kappa shape index (κ1) is 13.0. The number of amides is 2. The summed E-state index contributed by atoms with van der Waals surface area (Å²) in [4.78, 5) is 11.5. The van der Waals surface area contributed by atoms with Crippen LogP contribution in [0.2, 0.25) is 0 Å². The summed E-state index contributed by atoms with van der Waals surface area (Å²) in [5.41, 5.74) is 0. The van der Waals surface area contributed by atoms with Gasteiger partial charge in [-0.05, 0) is 24.5 Å². The first-order chi connectivity index (χ1) is 8.84. The Bertz CT molecular complexity index is 343. The van der Waals surface area contributed by atoms with Gasteiger partial charge in [0.15, 0.2) is 0 Å². The van der Waals surface area contributed by atoms with E-state index in [0.717, 1.165) is 24.6 Å². The van der Waals surface area contributed by atoms with Gasteiger partial charge >= 0.3 is 6.03 Å². The Morgan fingerprint density at radius 3 is 2.83 bits per heavy atom. The van der Waals surface area contributed by atoms with Crippen LogP contribution < -0.4 is 10.6 Å². The second-order valence-electron chi connectivity index (χ2n) is 4.98. The highest BCUT2D eigenvalue weighted by Crippen LogP contribution is 2.25. The predicted octanol–water partition coefficient (Wildman–Crippen LogP) is 3.05. The average molecular weight is 250 g/mol. The molecule has 1 saturated carbocycles. The van der Waals surface area contributed by atoms with Crippen LogP contribution in [0, 0.1) is 5.92 Å². The van der Waals surface area contributed by atoms with Gasteiger partial charge in [-0.2, -0.15) is 0 Å². The molecule has 1 aromatic heterocycles. The molecule has 2 rings (SSSR count). The molecule has 0 aromatic carbocycles. The highest BCUT2D eigenvalue weighted by atomic mass is 16.3. The smallest absolute Gasteiger partial charge is 0.315 e. The van der Waals surface area contributed by atoms with Crippen molar-refractivity contribution in [3.63, 3.8) is 0 Å². The van der Waals surface area contributed by atoms with E-state index in [0.29, 0.717) is 6.54 Å². The maximum atomic E-state index is 11.5. The Kier molecular flexibility index (Phi) is 5.12. The van der Waals surface area contributed by atoms with Crippen molar-refractivity contribution in [2.75, 3.05) is 6.54 Å². The second kappa shape index (κ2) is 7.09. The number of rotatable bonds is 5. The van der Waals surface area contributed by atoms with Crippen molar-refractivity contribution in [3.8, 4) is 0 Å². The molecule has 0 saturated heterocycles. The van der Waals surface area contributed by atoms with Crippen LogP contribution in [0.25, 0.3) is 0 Å². The average Bonchev–Trinajstić information content (AvgIpc) is 2.91. The maximum absolute atomic E-state index is 11.5. The largest absolute Gasteiger partial charge is 0.467 e. The lowest BCUT2D eigenvalue weighted by molar-refractivity contribution is 0.237. The number of hydrogen-bond acceptors (Lipinski definition) is 2. The third-order valence-electron chi connectivity index (χ3n) is 3.57. The van der Waals surface area contributed by atoms with Crippen molar-refractivity contribution in [1.29, 1.82) is 0 Å². The van der Waals surface area contributed by atoms with Crippen molar-refractivity contribution in [2.45, 2.75) is 45.1 Å². The Morgan fingerprint density at radius 1 is 1.28 bits per heavy atom. The molecule has 0 unspecified atom stereocenters. The lowest BCUT2D eigenvalue weighted by Gasteiger charge is -2.21. The van der Waals surface area contributed by atoms with Gasteiger partial charge in [-0.15, -0.1) is 0 Å². The van der Waals surface area contributed by atoms with Crippen LogP contribution >= 0.6 is 0 Å². The first-order valence-corrected chi connectivity index (χ1v) is 6.88. The van der Waals surface area contributed by atoms with Crippen LogP contribution in [-0.4, -0.2) is 12.6 Å². The molecule has 1 aliphatic carbocycles. The number of nitrogens with one attached hydrogen (secondary N) is 2. The lowest BCUT2D eigenvalue weighted by atomic mass is 9.87. The minimum Gasteiger partial charge on any atom is -0.467 e. The molecule has 0 radical (unpaired) electrons. The Balaban J connectivity index is 1.54. The standard InChI is InChI=1S/C14H22N2O2/c17-14(16-11-13-7-4-10-18-13)15-9-8-12-5-2-1-3-6-12/h4,7,10,12H,1-3,5-6,8-9,11H2,(H2,15,16,17). The highest BCUT2D eigenvalue weighted by Gasteiger charge is 2.13. The van der Waals surface area contributed by atoms with Crippen molar-refractivity contribution in [1.82, 2.24) is 10.6 Å². The molecule has 4 nitrogen and oxygen atoms in total. The van der Waals surface area contributed by atoms with Crippen LogP contribution in [0.5, 0.6) is 0 Å². The molecule has 18 heavy (non-hydrogen) atoms. The van der Waals surface area contributed by atoms with E-state index in [-0.39, 0.29) is 6.03 Å². The first-order valence-electron chi connectivity index (χ1n) is 6.88. The van der Waals surface area contributed by atoms with E-state index in [1.165, 1.54) is 32.1 Å². The Labute approximate surface area is 108 Å². The molecule has 4 heteroatoms. The van der Waals surface area contributed by atoms with E-state index in [1.54, 1.807) is 6.26 Å². The summed E-state index contributed by atoms with van der Waals surface area (Å²) in [6.07, 6.45) is 9.47. The fraction of sp³-hybridized carbons (Fsp3) is 0.643. The van der Waals surface area contributed by atoms with Gasteiger partial charge in [0.05, 0.1) is 12.8 Å². The van der Waals surface area contributed by atoms with Crippen LogP contribution in [0.3, 0.4) is 0 Å². The minimum atomic E-state index is -0.109. The van der Waals surface area contributed by atoms with Gasteiger partial charge in [-0.1, -0.05) is 32.1 Å². The van der Waals surface area contributed by atoms with Gasteiger partial charge in [0.2, 0.25) is 0 Å². The summed E-state index contributed by atoms with van der Waals surface area (Å²) in [5.74, 6) is 1.58. The summed E-state index contributed by atoms with van der Waals surface area (Å²) >= 11 is 0. The van der Waals surface area contributed by atoms with Crippen molar-refractivity contribution >= 4 is 6.03 Å². The predicted molar refractivity (Wildman–Crippen MR) is 70.1 cm³/mol. The molecule has 1 heterocycles. The second-order valence-corrected chi connectivity index (χ2v) is 4.98. The van der Waals surface area contributed by atoms with Gasteiger partial charge < -0.3 is 15.1 Å². The number of furan rings is 1. The Morgan fingerprint density at radius 2 is 2.11 bits per heavy atom. The summed E-state index contributed by atoms with van der Waals surface area (Å²) in [6.45, 7) is 1.22. The number of urea groups is 1. The monoisotopic (exact) mass is 250 g/mol. The quantitative estimate of drug-likeness (QED) is 0.844. The molecule has 100 valence electrons. The van der Waals surface area contributed by atoms with Crippen molar-refractivity contribution < 1.29 is 9.21 Å². The third-order valence-corrected chi connectivity index (χ3v) is 3.57. The van der Waals surface area contributed by atoms with Crippen LogP contribution in [0.1, 0.15) is 44.3 Å². The normalized spacial score (nSPS) is 16.4. The zero-order valence-electron chi connectivity index (χ0n) is 10.8. The molecule has 0 spiro atoms. The van der Waals surface area contributed by atoms with Gasteiger partial charge in [0.25, 0.3) is 0 Å². The van der Waals surface area contributed by atoms with E-state index in [1.807, 2.05) is 12.1 Å². The van der Waals surface area contributed by atoms with E-state index < -0.39 is 0 Å². The van der Waals surface area contributed by atoms with Gasteiger partial charge in [-0.3, -0.25) is 0 Å². The molecule has 0 bridgehead atoms. The van der Waals surface area contributed by atoms with E-state index in [9.17, 15) is 4.79 Å². The molecule has 2 N–H and O–H groups in total. The zero-order chi connectivity index (χ0) is 12.6. The minimum absolute atomic E-state index is 0.109. The summed E-state index contributed by atoms with van der Waals surface area (Å²) in [5, 5.41) is 5.68. The Hall–Kier alpha value is -1.45. The highest BCUT2D eigenvalue weighted by molar-refractivity contribution is 5.73. The molecule has 2 amide bonds. The fourth-order valence-corrected chi connectivity index (χ4v) is 2.51. The number of hydrogen-bond donors (Lipinski definition) is 2. The maximum Gasteiger partial charge on any atom is 0.315 e. The SMILES string of the molecule is O=C(NCCC1CCCCC1)NCc1ccco1. The van der Waals surface area contributed by atoms with Crippen LogP contribution in [0.15, 0.2) is 22.8 Å². The summed E-state index contributed by atoms with van der Waals surface area (Å²) < 4.78 is 5.14. The van der Waals surface area contributed by atoms with Gasteiger partial charge in [0.1, 0.15) is 5.76 Å². The topological polar surface area (TPSA) is 54.3 Å². The van der Waals surface area contributed by atoms with Gasteiger partial charge in [0, 0.05) is 6.54 Å². The van der Waals surface area contributed by atoms with E-state index in [2.05, 4.69) is 10.6 Å². The van der Waals surface area contributed by atoms with Crippen LogP contribution in [0.4, 0.5) is 4.79 Å². The lowest BCUT2D eigenvalue weighted by Crippen LogP contribution is -2.36. The van der Waals surface area contributed by atoms with E-state index >= 15 is 0 Å². The van der Waals surface area contributed by atoms with Crippen molar-refractivity contribution in [3.05, 3.63) is 24.2 Å². The number of carbonyl (C=O) groups is 1. The van der Waals surface area contributed by atoms with Crippen molar-refractivity contribution in [2.24, 2.45) is 5.92 Å². The third kappa shape index (κ3) is 4.43. The molecule has 0 aliphatic heterocycles.